The molecule has 1 saturated carbocycles. The van der Waals surface area contributed by atoms with Crippen molar-refractivity contribution in [3.8, 4) is 5.75 Å². The number of benzene rings is 1. The Balaban J connectivity index is 1.66. The molecule has 1 fully saturated rings. The van der Waals surface area contributed by atoms with Gasteiger partial charge < -0.3 is 15.8 Å². The third-order valence-corrected chi connectivity index (χ3v) is 4.34. The molecule has 3 N–H and O–H groups in total. The molecule has 0 aromatic heterocycles. The second kappa shape index (κ2) is 4.85. The van der Waals surface area contributed by atoms with Crippen LogP contribution in [0, 0.1) is 5.92 Å². The maximum atomic E-state index is 12.3. The lowest BCUT2D eigenvalue weighted by molar-refractivity contribution is -0.129. The van der Waals surface area contributed by atoms with Gasteiger partial charge in [-0.05, 0) is 37.3 Å². The third-order valence-electron chi connectivity index (χ3n) is 4.34. The van der Waals surface area contributed by atoms with Crippen molar-refractivity contribution < 1.29 is 9.53 Å². The predicted molar refractivity (Wildman–Crippen MR) is 72.9 cm³/mol. The minimum absolute atomic E-state index is 0.0830. The summed E-state index contributed by atoms with van der Waals surface area (Å²) >= 11 is 0. The molecule has 1 amide bonds. The van der Waals surface area contributed by atoms with Crippen molar-refractivity contribution in [2.24, 2.45) is 11.7 Å². The van der Waals surface area contributed by atoms with Crippen LogP contribution in [0.4, 0.5) is 0 Å². The molecule has 1 unspecified atom stereocenters. The zero-order valence-electron chi connectivity index (χ0n) is 11.0. The van der Waals surface area contributed by atoms with E-state index in [2.05, 4.69) is 5.32 Å². The SMILES string of the molecule is NCC1(NC(=O)C2COc3ccccc3C2)CCC1. The van der Waals surface area contributed by atoms with Crippen molar-refractivity contribution in [3.63, 3.8) is 0 Å². The highest BCUT2D eigenvalue weighted by molar-refractivity contribution is 5.80. The van der Waals surface area contributed by atoms with Crippen molar-refractivity contribution in [2.45, 2.75) is 31.2 Å². The van der Waals surface area contributed by atoms with Gasteiger partial charge in [0.25, 0.3) is 0 Å². The van der Waals surface area contributed by atoms with E-state index in [1.54, 1.807) is 0 Å². The highest BCUT2D eigenvalue weighted by Crippen LogP contribution is 2.32. The van der Waals surface area contributed by atoms with E-state index >= 15 is 0 Å². The molecule has 4 heteroatoms. The van der Waals surface area contributed by atoms with Crippen LogP contribution in [0.15, 0.2) is 24.3 Å². The molecule has 0 bridgehead atoms. The molecule has 0 saturated heterocycles. The summed E-state index contributed by atoms with van der Waals surface area (Å²) in [5.41, 5.74) is 6.75. The van der Waals surface area contributed by atoms with E-state index < -0.39 is 0 Å². The molecule has 1 atom stereocenters. The standard InChI is InChI=1S/C15H20N2O2/c16-10-15(6-3-7-15)17-14(18)12-8-11-4-1-2-5-13(11)19-9-12/h1-2,4-5,12H,3,6-10,16H2,(H,17,18). The molecular weight excluding hydrogens is 240 g/mol. The second-order valence-corrected chi connectivity index (χ2v) is 5.65. The minimum Gasteiger partial charge on any atom is -0.492 e. The monoisotopic (exact) mass is 260 g/mol. The van der Waals surface area contributed by atoms with Crippen LogP contribution >= 0.6 is 0 Å². The topological polar surface area (TPSA) is 64.3 Å². The maximum absolute atomic E-state index is 12.3. The van der Waals surface area contributed by atoms with E-state index in [0.717, 1.165) is 37.0 Å². The first-order valence-corrected chi connectivity index (χ1v) is 6.95. The van der Waals surface area contributed by atoms with Crippen molar-refractivity contribution >= 4 is 5.91 Å². The van der Waals surface area contributed by atoms with Crippen molar-refractivity contribution in [1.29, 1.82) is 0 Å². The van der Waals surface area contributed by atoms with E-state index in [9.17, 15) is 4.79 Å². The highest BCUT2D eigenvalue weighted by atomic mass is 16.5. The summed E-state index contributed by atoms with van der Waals surface area (Å²) in [6.07, 6.45) is 3.91. The zero-order chi connectivity index (χ0) is 13.3. The van der Waals surface area contributed by atoms with Gasteiger partial charge in [0, 0.05) is 6.54 Å². The molecule has 19 heavy (non-hydrogen) atoms. The molecule has 0 radical (unpaired) electrons. The zero-order valence-corrected chi connectivity index (χ0v) is 11.0. The molecule has 102 valence electrons. The van der Waals surface area contributed by atoms with Crippen LogP contribution in [0.3, 0.4) is 0 Å². The number of ether oxygens (including phenoxy) is 1. The number of carbonyl (C=O) groups excluding carboxylic acids is 1. The van der Waals surface area contributed by atoms with E-state index in [-0.39, 0.29) is 17.4 Å². The van der Waals surface area contributed by atoms with Gasteiger partial charge in [-0.25, -0.2) is 0 Å². The molecule has 1 heterocycles. The Hall–Kier alpha value is -1.55. The van der Waals surface area contributed by atoms with Crippen LogP contribution in [0.5, 0.6) is 5.75 Å². The van der Waals surface area contributed by atoms with Gasteiger partial charge in [0.05, 0.1) is 11.5 Å². The summed E-state index contributed by atoms with van der Waals surface area (Å²) in [6, 6.07) is 7.92. The van der Waals surface area contributed by atoms with Gasteiger partial charge in [0.2, 0.25) is 5.91 Å². The van der Waals surface area contributed by atoms with Gasteiger partial charge in [-0.2, -0.15) is 0 Å². The Kier molecular flexibility index (Phi) is 3.19. The number of hydrogen-bond acceptors (Lipinski definition) is 3. The van der Waals surface area contributed by atoms with E-state index in [4.69, 9.17) is 10.5 Å². The molecule has 1 aromatic carbocycles. The first-order valence-electron chi connectivity index (χ1n) is 6.95. The summed E-state index contributed by atoms with van der Waals surface area (Å²) in [5.74, 6) is 0.891. The number of fused-ring (bicyclic) bond motifs is 1. The number of rotatable bonds is 3. The lowest BCUT2D eigenvalue weighted by atomic mass is 9.76. The molecule has 1 aliphatic heterocycles. The summed E-state index contributed by atoms with van der Waals surface area (Å²) < 4.78 is 5.66. The van der Waals surface area contributed by atoms with Gasteiger partial charge in [-0.3, -0.25) is 4.79 Å². The van der Waals surface area contributed by atoms with Crippen LogP contribution in [0.1, 0.15) is 24.8 Å². The first-order chi connectivity index (χ1) is 9.22. The largest absolute Gasteiger partial charge is 0.492 e. The third kappa shape index (κ3) is 2.32. The average molecular weight is 260 g/mol. The fraction of sp³-hybridized carbons (Fsp3) is 0.533. The van der Waals surface area contributed by atoms with Crippen molar-refractivity contribution in [2.75, 3.05) is 13.2 Å². The molecule has 4 nitrogen and oxygen atoms in total. The van der Waals surface area contributed by atoms with Gasteiger partial charge in [0.15, 0.2) is 0 Å². The maximum Gasteiger partial charge on any atom is 0.227 e. The number of nitrogens with two attached hydrogens (primary N) is 1. The first kappa shape index (κ1) is 12.5. The number of para-hydroxylation sites is 1. The van der Waals surface area contributed by atoms with Gasteiger partial charge in [-0.1, -0.05) is 18.2 Å². The van der Waals surface area contributed by atoms with E-state index in [0.29, 0.717) is 13.2 Å². The van der Waals surface area contributed by atoms with Gasteiger partial charge in [0.1, 0.15) is 12.4 Å². The van der Waals surface area contributed by atoms with Crippen molar-refractivity contribution in [1.82, 2.24) is 5.32 Å². The van der Waals surface area contributed by atoms with Crippen LogP contribution in [0.2, 0.25) is 0 Å². The van der Waals surface area contributed by atoms with Gasteiger partial charge >= 0.3 is 0 Å². The lowest BCUT2D eigenvalue weighted by Crippen LogP contribution is -2.60. The van der Waals surface area contributed by atoms with Gasteiger partial charge in [-0.15, -0.1) is 0 Å². The normalized spacial score (nSPS) is 23.7. The average Bonchev–Trinajstić information content (AvgIpc) is 2.42. The number of nitrogens with one attached hydrogen (secondary N) is 1. The molecule has 2 aliphatic rings. The molecule has 1 aromatic rings. The number of hydrogen-bond donors (Lipinski definition) is 2. The van der Waals surface area contributed by atoms with Crippen LogP contribution < -0.4 is 15.8 Å². The molecule has 1 aliphatic carbocycles. The Morgan fingerprint density at radius 1 is 1.42 bits per heavy atom. The number of amides is 1. The molecular formula is C15H20N2O2. The van der Waals surface area contributed by atoms with Crippen LogP contribution in [0.25, 0.3) is 0 Å². The van der Waals surface area contributed by atoms with Crippen molar-refractivity contribution in [3.05, 3.63) is 29.8 Å². The highest BCUT2D eigenvalue weighted by Gasteiger charge is 2.39. The number of carbonyl (C=O) groups is 1. The molecule has 3 rings (SSSR count). The lowest BCUT2D eigenvalue weighted by Gasteiger charge is -2.42. The van der Waals surface area contributed by atoms with Crippen LogP contribution in [-0.4, -0.2) is 24.6 Å². The molecule has 0 spiro atoms. The van der Waals surface area contributed by atoms with Crippen LogP contribution in [-0.2, 0) is 11.2 Å². The predicted octanol–water partition coefficient (Wildman–Crippen LogP) is 1.24. The Labute approximate surface area is 113 Å². The Bertz CT molecular complexity index is 477. The summed E-state index contributed by atoms with van der Waals surface area (Å²) in [7, 11) is 0. The fourth-order valence-electron chi connectivity index (χ4n) is 2.84. The second-order valence-electron chi connectivity index (χ2n) is 5.65. The summed E-state index contributed by atoms with van der Waals surface area (Å²) in [4.78, 5) is 12.3. The Morgan fingerprint density at radius 2 is 2.21 bits per heavy atom. The quantitative estimate of drug-likeness (QED) is 0.859. The van der Waals surface area contributed by atoms with E-state index in [1.165, 1.54) is 0 Å². The fourth-order valence-corrected chi connectivity index (χ4v) is 2.84. The summed E-state index contributed by atoms with van der Waals surface area (Å²) in [6.45, 7) is 0.992. The van der Waals surface area contributed by atoms with E-state index in [1.807, 2.05) is 24.3 Å². The minimum atomic E-state index is -0.145. The Morgan fingerprint density at radius 3 is 2.89 bits per heavy atom. The smallest absolute Gasteiger partial charge is 0.227 e. The summed E-state index contributed by atoms with van der Waals surface area (Å²) in [5, 5.41) is 3.14.